The lowest BCUT2D eigenvalue weighted by Gasteiger charge is -2.32. The van der Waals surface area contributed by atoms with E-state index in [0.717, 1.165) is 30.8 Å². The Balaban J connectivity index is 2.32. The minimum atomic E-state index is 0.695. The van der Waals surface area contributed by atoms with Crippen molar-refractivity contribution in [1.82, 2.24) is 0 Å². The summed E-state index contributed by atoms with van der Waals surface area (Å²) in [4.78, 5) is 3.31. The first-order valence-corrected chi connectivity index (χ1v) is 6.63. The van der Waals surface area contributed by atoms with E-state index in [1.54, 1.807) is 0 Å². The number of hydrogen-bond acceptors (Lipinski definition) is 1. The molecule has 0 saturated heterocycles. The van der Waals surface area contributed by atoms with E-state index in [1.807, 2.05) is 0 Å². The fraction of sp³-hybridized carbons (Fsp3) is 0.462. The normalized spacial score (nSPS) is 15.1. The first kappa shape index (κ1) is 11.9. The van der Waals surface area contributed by atoms with Crippen molar-refractivity contribution < 1.29 is 0 Å². The van der Waals surface area contributed by atoms with Gasteiger partial charge in [-0.3, -0.25) is 0 Å². The van der Waals surface area contributed by atoms with Crippen LogP contribution in [-0.4, -0.2) is 17.4 Å². The highest BCUT2D eigenvalue weighted by Crippen LogP contribution is 2.30. The summed E-state index contributed by atoms with van der Waals surface area (Å²) in [5.74, 6) is 0.695. The third-order valence-corrected chi connectivity index (χ3v) is 3.77. The number of thiocarbonyl (C=S) groups is 1. The molecule has 3 heteroatoms. The maximum atomic E-state index is 5.76. The first-order chi connectivity index (χ1) is 7.74. The van der Waals surface area contributed by atoms with Crippen LogP contribution in [0.4, 0.5) is 5.69 Å². The van der Waals surface area contributed by atoms with Crippen molar-refractivity contribution in [3.05, 3.63) is 29.3 Å². The molecule has 0 saturated carbocycles. The van der Waals surface area contributed by atoms with Crippen LogP contribution < -0.4 is 4.90 Å². The van der Waals surface area contributed by atoms with Crippen LogP contribution in [0.3, 0.4) is 0 Å². The van der Waals surface area contributed by atoms with Crippen LogP contribution in [0.2, 0.25) is 0 Å². The van der Waals surface area contributed by atoms with Crippen LogP contribution in [-0.2, 0) is 6.42 Å². The van der Waals surface area contributed by atoms with Crippen LogP contribution in [0.15, 0.2) is 18.2 Å². The summed E-state index contributed by atoms with van der Waals surface area (Å²) in [6.45, 7) is 3.12. The molecule has 0 aliphatic carbocycles. The smallest absolute Gasteiger partial charge is 0.0827 e. The fourth-order valence-electron chi connectivity index (χ4n) is 2.23. The van der Waals surface area contributed by atoms with Gasteiger partial charge in [0.05, 0.1) is 4.99 Å². The highest BCUT2D eigenvalue weighted by atomic mass is 35.5. The Labute approximate surface area is 107 Å². The second kappa shape index (κ2) is 5.15. The number of rotatable bonds is 3. The van der Waals surface area contributed by atoms with Crippen molar-refractivity contribution in [2.24, 2.45) is 0 Å². The molecule has 0 bridgehead atoms. The molecule has 2 rings (SSSR count). The summed E-state index contributed by atoms with van der Waals surface area (Å²) in [7, 11) is 0. The minimum absolute atomic E-state index is 0.695. The maximum absolute atomic E-state index is 5.76. The molecule has 1 aromatic carbocycles. The molecular weight excluding hydrogens is 238 g/mol. The van der Waals surface area contributed by atoms with Crippen LogP contribution in [0.5, 0.6) is 0 Å². The third kappa shape index (κ3) is 2.23. The van der Waals surface area contributed by atoms with E-state index in [0.29, 0.717) is 5.88 Å². The predicted octanol–water partition coefficient (Wildman–Crippen LogP) is 3.70. The average molecular weight is 254 g/mol. The van der Waals surface area contributed by atoms with Crippen molar-refractivity contribution in [3.63, 3.8) is 0 Å². The highest BCUT2D eigenvalue weighted by Gasteiger charge is 2.21. The minimum Gasteiger partial charge on any atom is -0.336 e. The monoisotopic (exact) mass is 253 g/mol. The molecule has 0 fully saturated rings. The SMILES string of the molecule is Cc1cccc2c1CCC(=S)N2CCCCl. The van der Waals surface area contributed by atoms with Crippen molar-refractivity contribution in [1.29, 1.82) is 0 Å². The van der Waals surface area contributed by atoms with Gasteiger partial charge in [-0.25, -0.2) is 0 Å². The molecule has 0 aromatic heterocycles. The van der Waals surface area contributed by atoms with E-state index >= 15 is 0 Å². The van der Waals surface area contributed by atoms with Gasteiger partial charge in [-0.05, 0) is 37.0 Å². The second-order valence-corrected chi connectivity index (χ2v) is 5.01. The van der Waals surface area contributed by atoms with Crippen molar-refractivity contribution in [2.45, 2.75) is 26.2 Å². The zero-order chi connectivity index (χ0) is 11.5. The van der Waals surface area contributed by atoms with E-state index in [9.17, 15) is 0 Å². The summed E-state index contributed by atoms with van der Waals surface area (Å²) in [5.41, 5.74) is 4.11. The molecule has 0 spiro atoms. The van der Waals surface area contributed by atoms with Gasteiger partial charge in [0.1, 0.15) is 0 Å². The fourth-order valence-corrected chi connectivity index (χ4v) is 2.64. The standard InChI is InChI=1S/C13H16ClNS/c1-10-4-2-5-12-11(10)6-7-13(16)15(12)9-3-8-14/h2,4-5H,3,6-9H2,1H3. The molecular formula is C13H16ClNS. The summed E-state index contributed by atoms with van der Waals surface area (Å²) in [5, 5.41) is 0. The molecule has 0 atom stereocenters. The van der Waals surface area contributed by atoms with Crippen LogP contribution in [0.25, 0.3) is 0 Å². The van der Waals surface area contributed by atoms with Gasteiger partial charge in [0.2, 0.25) is 0 Å². The van der Waals surface area contributed by atoms with Gasteiger partial charge in [-0.1, -0.05) is 24.4 Å². The molecule has 0 amide bonds. The zero-order valence-electron chi connectivity index (χ0n) is 9.50. The number of hydrogen-bond donors (Lipinski definition) is 0. The summed E-state index contributed by atoms with van der Waals surface area (Å²) >= 11 is 11.2. The number of aryl methyl sites for hydroxylation is 1. The van der Waals surface area contributed by atoms with Gasteiger partial charge in [0.15, 0.2) is 0 Å². The number of anilines is 1. The van der Waals surface area contributed by atoms with Crippen LogP contribution >= 0.6 is 23.8 Å². The molecule has 1 aliphatic heterocycles. The number of halogens is 1. The molecule has 1 aromatic rings. The van der Waals surface area contributed by atoms with Gasteiger partial charge < -0.3 is 4.90 Å². The Morgan fingerprint density at radius 1 is 1.38 bits per heavy atom. The topological polar surface area (TPSA) is 3.24 Å². The highest BCUT2D eigenvalue weighted by molar-refractivity contribution is 7.80. The average Bonchev–Trinajstić information content (AvgIpc) is 2.28. The molecule has 0 radical (unpaired) electrons. The number of benzene rings is 1. The molecule has 0 unspecified atom stereocenters. The molecule has 1 heterocycles. The van der Waals surface area contributed by atoms with Gasteiger partial charge in [-0.15, -0.1) is 11.6 Å². The molecule has 16 heavy (non-hydrogen) atoms. The lowest BCUT2D eigenvalue weighted by Crippen LogP contribution is -2.35. The number of alkyl halides is 1. The Morgan fingerprint density at radius 3 is 2.94 bits per heavy atom. The number of fused-ring (bicyclic) bond motifs is 1. The largest absolute Gasteiger partial charge is 0.336 e. The molecule has 1 nitrogen and oxygen atoms in total. The van der Waals surface area contributed by atoms with E-state index in [1.165, 1.54) is 16.8 Å². The van der Waals surface area contributed by atoms with E-state index in [-0.39, 0.29) is 0 Å². The summed E-state index contributed by atoms with van der Waals surface area (Å²) < 4.78 is 0. The van der Waals surface area contributed by atoms with Gasteiger partial charge >= 0.3 is 0 Å². The summed E-state index contributed by atoms with van der Waals surface area (Å²) in [6.07, 6.45) is 3.06. The Kier molecular flexibility index (Phi) is 3.82. The predicted molar refractivity (Wildman–Crippen MR) is 74.8 cm³/mol. The maximum Gasteiger partial charge on any atom is 0.0827 e. The third-order valence-electron chi connectivity index (χ3n) is 3.08. The zero-order valence-corrected chi connectivity index (χ0v) is 11.1. The van der Waals surface area contributed by atoms with E-state index < -0.39 is 0 Å². The molecule has 86 valence electrons. The van der Waals surface area contributed by atoms with Crippen LogP contribution in [0.1, 0.15) is 24.0 Å². The van der Waals surface area contributed by atoms with E-state index in [2.05, 4.69) is 30.0 Å². The quantitative estimate of drug-likeness (QED) is 0.597. The Bertz CT molecular complexity index is 403. The summed E-state index contributed by atoms with van der Waals surface area (Å²) in [6, 6.07) is 6.45. The Morgan fingerprint density at radius 2 is 2.19 bits per heavy atom. The van der Waals surface area contributed by atoms with Crippen molar-refractivity contribution in [2.75, 3.05) is 17.3 Å². The second-order valence-electron chi connectivity index (χ2n) is 4.16. The molecule has 1 aliphatic rings. The van der Waals surface area contributed by atoms with Crippen molar-refractivity contribution >= 4 is 34.5 Å². The lowest BCUT2D eigenvalue weighted by molar-refractivity contribution is 0.858. The lowest BCUT2D eigenvalue weighted by atomic mass is 9.97. The van der Waals surface area contributed by atoms with Crippen molar-refractivity contribution in [3.8, 4) is 0 Å². The first-order valence-electron chi connectivity index (χ1n) is 5.69. The van der Waals surface area contributed by atoms with Gasteiger partial charge in [0.25, 0.3) is 0 Å². The molecule has 0 N–H and O–H groups in total. The Hall–Kier alpha value is -0.600. The van der Waals surface area contributed by atoms with Crippen LogP contribution in [0, 0.1) is 6.92 Å². The van der Waals surface area contributed by atoms with Gasteiger partial charge in [0, 0.05) is 24.5 Å². The van der Waals surface area contributed by atoms with Gasteiger partial charge in [-0.2, -0.15) is 0 Å². The van der Waals surface area contributed by atoms with E-state index in [4.69, 9.17) is 23.8 Å². The number of nitrogens with zero attached hydrogens (tertiary/aromatic N) is 1.